The number of aromatic nitrogens is 4. The van der Waals surface area contributed by atoms with Crippen molar-refractivity contribution >= 4 is 5.69 Å². The van der Waals surface area contributed by atoms with E-state index in [1.807, 2.05) is 25.2 Å². The second-order valence-corrected chi connectivity index (χ2v) is 3.00. The summed E-state index contributed by atoms with van der Waals surface area (Å²) in [5, 5.41) is 14.1. The van der Waals surface area contributed by atoms with Crippen molar-refractivity contribution in [1.29, 1.82) is 0 Å². The van der Waals surface area contributed by atoms with E-state index in [0.29, 0.717) is 0 Å². The Bertz CT molecular complexity index is 421. The van der Waals surface area contributed by atoms with Crippen LogP contribution in [-0.4, -0.2) is 27.3 Å². The standard InChI is InChI=1S/C9H11N5/c1-7-3-4-8(5-9(7)10-2)14-6-11-12-13-14/h3-6,10H,1-2H3. The minimum Gasteiger partial charge on any atom is -0.388 e. The molecule has 0 fully saturated rings. The van der Waals surface area contributed by atoms with Crippen LogP contribution in [0.2, 0.25) is 0 Å². The molecule has 0 aliphatic carbocycles. The highest BCUT2D eigenvalue weighted by Gasteiger charge is 2.01. The predicted molar refractivity (Wildman–Crippen MR) is 53.4 cm³/mol. The first-order valence-electron chi connectivity index (χ1n) is 4.33. The Labute approximate surface area is 81.8 Å². The molecular weight excluding hydrogens is 178 g/mol. The molecule has 0 saturated heterocycles. The molecule has 5 nitrogen and oxygen atoms in total. The van der Waals surface area contributed by atoms with Gasteiger partial charge in [0.25, 0.3) is 0 Å². The summed E-state index contributed by atoms with van der Waals surface area (Å²) in [5.74, 6) is 0. The third kappa shape index (κ3) is 1.44. The van der Waals surface area contributed by atoms with E-state index in [1.165, 1.54) is 5.56 Å². The van der Waals surface area contributed by atoms with Crippen LogP contribution in [0.4, 0.5) is 5.69 Å². The van der Waals surface area contributed by atoms with Crippen LogP contribution in [0.1, 0.15) is 5.56 Å². The van der Waals surface area contributed by atoms with E-state index in [1.54, 1.807) is 11.0 Å². The topological polar surface area (TPSA) is 55.6 Å². The number of aryl methyl sites for hydroxylation is 1. The Kier molecular flexibility index (Phi) is 2.14. The minimum atomic E-state index is 0.949. The Morgan fingerprint density at radius 1 is 1.36 bits per heavy atom. The number of nitrogens with one attached hydrogen (secondary N) is 1. The van der Waals surface area contributed by atoms with Crippen molar-refractivity contribution in [2.24, 2.45) is 0 Å². The largest absolute Gasteiger partial charge is 0.388 e. The maximum atomic E-state index is 3.82. The Morgan fingerprint density at radius 2 is 2.21 bits per heavy atom. The molecular formula is C9H11N5. The fourth-order valence-electron chi connectivity index (χ4n) is 1.30. The van der Waals surface area contributed by atoms with Gasteiger partial charge in [0.2, 0.25) is 0 Å². The van der Waals surface area contributed by atoms with E-state index in [2.05, 4.69) is 27.8 Å². The monoisotopic (exact) mass is 189 g/mol. The first-order chi connectivity index (χ1) is 6.81. The fraction of sp³-hybridized carbons (Fsp3) is 0.222. The fourth-order valence-corrected chi connectivity index (χ4v) is 1.30. The summed E-state index contributed by atoms with van der Waals surface area (Å²) in [6, 6.07) is 6.01. The maximum Gasteiger partial charge on any atom is 0.143 e. The Morgan fingerprint density at radius 3 is 2.86 bits per heavy atom. The Balaban J connectivity index is 2.46. The summed E-state index contributed by atoms with van der Waals surface area (Å²) < 4.78 is 1.63. The zero-order chi connectivity index (χ0) is 9.97. The number of tetrazole rings is 1. The molecule has 0 unspecified atom stereocenters. The molecule has 0 radical (unpaired) electrons. The van der Waals surface area contributed by atoms with Gasteiger partial charge in [-0.2, -0.15) is 0 Å². The summed E-state index contributed by atoms with van der Waals surface area (Å²) in [7, 11) is 1.89. The normalized spacial score (nSPS) is 10.1. The van der Waals surface area contributed by atoms with E-state index in [-0.39, 0.29) is 0 Å². The van der Waals surface area contributed by atoms with Crippen LogP contribution in [-0.2, 0) is 0 Å². The molecule has 0 bridgehead atoms. The van der Waals surface area contributed by atoms with Gasteiger partial charge in [-0.3, -0.25) is 0 Å². The van der Waals surface area contributed by atoms with Crippen LogP contribution in [0.25, 0.3) is 5.69 Å². The lowest BCUT2D eigenvalue weighted by Crippen LogP contribution is -1.98. The molecule has 0 atom stereocenters. The van der Waals surface area contributed by atoms with E-state index in [0.717, 1.165) is 11.4 Å². The molecule has 72 valence electrons. The summed E-state index contributed by atoms with van der Waals surface area (Å²) >= 11 is 0. The van der Waals surface area contributed by atoms with Gasteiger partial charge >= 0.3 is 0 Å². The number of nitrogens with zero attached hydrogens (tertiary/aromatic N) is 4. The first kappa shape index (κ1) is 8.68. The highest BCUT2D eigenvalue weighted by atomic mass is 15.5. The smallest absolute Gasteiger partial charge is 0.143 e. The number of hydrogen-bond acceptors (Lipinski definition) is 4. The van der Waals surface area contributed by atoms with Gasteiger partial charge in [0.05, 0.1) is 5.69 Å². The van der Waals surface area contributed by atoms with E-state index in [4.69, 9.17) is 0 Å². The number of anilines is 1. The quantitative estimate of drug-likeness (QED) is 0.766. The highest BCUT2D eigenvalue weighted by molar-refractivity contribution is 5.55. The van der Waals surface area contributed by atoms with Gasteiger partial charge in [0, 0.05) is 12.7 Å². The van der Waals surface area contributed by atoms with Gasteiger partial charge in [-0.1, -0.05) is 6.07 Å². The molecule has 1 heterocycles. The van der Waals surface area contributed by atoms with Crippen molar-refractivity contribution in [2.45, 2.75) is 6.92 Å². The van der Waals surface area contributed by atoms with Gasteiger partial charge in [0.1, 0.15) is 6.33 Å². The average molecular weight is 189 g/mol. The van der Waals surface area contributed by atoms with Crippen LogP contribution in [0.5, 0.6) is 0 Å². The number of benzene rings is 1. The molecule has 1 N–H and O–H groups in total. The van der Waals surface area contributed by atoms with Crippen LogP contribution in [0.3, 0.4) is 0 Å². The van der Waals surface area contributed by atoms with Crippen molar-refractivity contribution in [3.63, 3.8) is 0 Å². The SMILES string of the molecule is CNc1cc(-n2cnnn2)ccc1C. The molecule has 14 heavy (non-hydrogen) atoms. The van der Waals surface area contributed by atoms with Crippen LogP contribution in [0, 0.1) is 6.92 Å². The van der Waals surface area contributed by atoms with Crippen molar-refractivity contribution in [3.05, 3.63) is 30.1 Å². The summed E-state index contributed by atoms with van der Waals surface area (Å²) in [5.41, 5.74) is 3.23. The minimum absolute atomic E-state index is 0.949. The molecule has 1 aromatic carbocycles. The zero-order valence-corrected chi connectivity index (χ0v) is 8.10. The van der Waals surface area contributed by atoms with Gasteiger partial charge in [-0.05, 0) is 35.0 Å². The summed E-state index contributed by atoms with van der Waals surface area (Å²) in [6.45, 7) is 2.05. The van der Waals surface area contributed by atoms with Gasteiger partial charge < -0.3 is 5.32 Å². The average Bonchev–Trinajstić information content (AvgIpc) is 2.71. The van der Waals surface area contributed by atoms with E-state index >= 15 is 0 Å². The van der Waals surface area contributed by atoms with Crippen LogP contribution >= 0.6 is 0 Å². The molecule has 2 rings (SSSR count). The second kappa shape index (κ2) is 3.45. The second-order valence-electron chi connectivity index (χ2n) is 3.00. The lowest BCUT2D eigenvalue weighted by Gasteiger charge is -2.06. The molecule has 0 spiro atoms. The predicted octanol–water partition coefficient (Wildman–Crippen LogP) is 1.01. The Hall–Kier alpha value is -1.91. The zero-order valence-electron chi connectivity index (χ0n) is 8.10. The molecule has 1 aromatic heterocycles. The van der Waals surface area contributed by atoms with Crippen LogP contribution in [0.15, 0.2) is 24.5 Å². The molecule has 0 amide bonds. The molecule has 0 aliphatic heterocycles. The van der Waals surface area contributed by atoms with Crippen molar-refractivity contribution < 1.29 is 0 Å². The molecule has 5 heteroatoms. The van der Waals surface area contributed by atoms with E-state index in [9.17, 15) is 0 Å². The number of rotatable bonds is 2. The maximum absolute atomic E-state index is 3.82. The summed E-state index contributed by atoms with van der Waals surface area (Å²) in [6.07, 6.45) is 1.57. The third-order valence-corrected chi connectivity index (χ3v) is 2.10. The lowest BCUT2D eigenvalue weighted by molar-refractivity contribution is 0.789. The van der Waals surface area contributed by atoms with Gasteiger partial charge in [-0.15, -0.1) is 5.10 Å². The molecule has 0 saturated carbocycles. The van der Waals surface area contributed by atoms with Crippen molar-refractivity contribution in [1.82, 2.24) is 20.2 Å². The van der Waals surface area contributed by atoms with Gasteiger partial charge in [-0.25, -0.2) is 4.68 Å². The molecule has 0 aliphatic rings. The summed E-state index contributed by atoms with van der Waals surface area (Å²) in [4.78, 5) is 0. The number of hydrogen-bond donors (Lipinski definition) is 1. The molecule has 2 aromatic rings. The van der Waals surface area contributed by atoms with E-state index < -0.39 is 0 Å². The van der Waals surface area contributed by atoms with Crippen molar-refractivity contribution in [2.75, 3.05) is 12.4 Å². The van der Waals surface area contributed by atoms with Crippen molar-refractivity contribution in [3.8, 4) is 5.69 Å². The highest BCUT2D eigenvalue weighted by Crippen LogP contribution is 2.17. The van der Waals surface area contributed by atoms with Gasteiger partial charge in [0.15, 0.2) is 0 Å². The third-order valence-electron chi connectivity index (χ3n) is 2.10. The first-order valence-corrected chi connectivity index (χ1v) is 4.33. The lowest BCUT2D eigenvalue weighted by atomic mass is 10.2. The van der Waals surface area contributed by atoms with Crippen LogP contribution < -0.4 is 5.32 Å².